The number of halogens is 2. The van der Waals surface area contributed by atoms with E-state index in [1.807, 2.05) is 6.92 Å². The molecule has 0 spiro atoms. The maximum Gasteiger partial charge on any atom is 0.224 e. The molecule has 2 nitrogen and oxygen atoms in total. The van der Waals surface area contributed by atoms with Crippen molar-refractivity contribution in [2.24, 2.45) is 0 Å². The highest BCUT2D eigenvalue weighted by molar-refractivity contribution is 9.10. The number of carbonyl (C=O) groups is 1. The fourth-order valence-corrected chi connectivity index (χ4v) is 1.81. The summed E-state index contributed by atoms with van der Waals surface area (Å²) in [5.41, 5.74) is 0.757. The van der Waals surface area contributed by atoms with Crippen LogP contribution in [0, 0.1) is 0 Å². The fourth-order valence-electron chi connectivity index (χ4n) is 1.03. The third-order valence-electron chi connectivity index (χ3n) is 1.68. The molecule has 0 atom stereocenters. The van der Waals surface area contributed by atoms with Gasteiger partial charge >= 0.3 is 0 Å². The van der Waals surface area contributed by atoms with Gasteiger partial charge in [0, 0.05) is 15.9 Å². The lowest BCUT2D eigenvalue weighted by molar-refractivity contribution is -0.116. The minimum Gasteiger partial charge on any atom is -0.325 e. The van der Waals surface area contributed by atoms with Gasteiger partial charge in [-0.2, -0.15) is 0 Å². The van der Waals surface area contributed by atoms with Gasteiger partial charge in [0.05, 0.1) is 5.69 Å². The normalized spacial score (nSPS) is 9.93. The zero-order chi connectivity index (χ0) is 10.6. The Bertz CT molecular complexity index is 341. The molecule has 1 N–H and O–H groups in total. The fraction of sp³-hybridized carbons (Fsp3) is 0.300. The van der Waals surface area contributed by atoms with E-state index < -0.39 is 0 Å². The third kappa shape index (κ3) is 3.31. The number of nitrogens with one attached hydrogen (secondary N) is 1. The van der Waals surface area contributed by atoms with Gasteiger partial charge < -0.3 is 5.32 Å². The van der Waals surface area contributed by atoms with Gasteiger partial charge in [-0.25, -0.2) is 0 Å². The summed E-state index contributed by atoms with van der Waals surface area (Å²) in [4.78, 5) is 11.3. The van der Waals surface area contributed by atoms with Crippen LogP contribution < -0.4 is 5.32 Å². The summed E-state index contributed by atoms with van der Waals surface area (Å²) < 4.78 is 0.800. The van der Waals surface area contributed by atoms with Crippen LogP contribution in [0.1, 0.15) is 19.8 Å². The van der Waals surface area contributed by atoms with Crippen LogP contribution in [0.25, 0.3) is 0 Å². The van der Waals surface area contributed by atoms with Crippen molar-refractivity contribution in [3.8, 4) is 0 Å². The molecule has 0 heterocycles. The van der Waals surface area contributed by atoms with Gasteiger partial charge in [-0.1, -0.05) is 18.5 Å². The van der Waals surface area contributed by atoms with Gasteiger partial charge in [0.2, 0.25) is 5.91 Å². The molecule has 0 unspecified atom stereocenters. The Morgan fingerprint density at radius 3 is 2.86 bits per heavy atom. The Labute approximate surface area is 96.8 Å². The van der Waals surface area contributed by atoms with Crippen molar-refractivity contribution in [2.75, 3.05) is 5.32 Å². The molecule has 1 aromatic carbocycles. The smallest absolute Gasteiger partial charge is 0.224 e. The molecule has 0 bridgehead atoms. The first-order valence-electron chi connectivity index (χ1n) is 4.38. The Morgan fingerprint density at radius 1 is 1.57 bits per heavy atom. The van der Waals surface area contributed by atoms with Crippen LogP contribution in [-0.2, 0) is 4.79 Å². The maximum absolute atomic E-state index is 11.3. The Balaban J connectivity index is 2.72. The number of benzene rings is 1. The molecule has 0 aliphatic rings. The minimum absolute atomic E-state index is 0.0236. The van der Waals surface area contributed by atoms with Crippen molar-refractivity contribution in [1.82, 2.24) is 0 Å². The molecular weight excluding hydrogens is 265 g/mol. The topological polar surface area (TPSA) is 29.1 Å². The van der Waals surface area contributed by atoms with Gasteiger partial charge in [-0.05, 0) is 40.5 Å². The Morgan fingerprint density at radius 2 is 2.29 bits per heavy atom. The lowest BCUT2D eigenvalue weighted by Crippen LogP contribution is -2.10. The molecular formula is C10H11BrClNO. The second-order valence-electron chi connectivity index (χ2n) is 2.92. The maximum atomic E-state index is 11.3. The first kappa shape index (κ1) is 11.5. The zero-order valence-electron chi connectivity index (χ0n) is 7.81. The molecule has 76 valence electrons. The molecule has 4 heteroatoms. The Kier molecular flexibility index (Phi) is 4.42. The molecule has 1 aromatic rings. The number of rotatable bonds is 3. The lowest BCUT2D eigenvalue weighted by Gasteiger charge is -2.06. The summed E-state index contributed by atoms with van der Waals surface area (Å²) in [5.74, 6) is 0.0236. The zero-order valence-corrected chi connectivity index (χ0v) is 10.2. The van der Waals surface area contributed by atoms with Gasteiger partial charge in [0.1, 0.15) is 0 Å². The number of hydrogen-bond donors (Lipinski definition) is 1. The van der Waals surface area contributed by atoms with E-state index in [0.717, 1.165) is 16.6 Å². The van der Waals surface area contributed by atoms with Crippen LogP contribution in [0.5, 0.6) is 0 Å². The van der Waals surface area contributed by atoms with Crippen LogP contribution in [-0.4, -0.2) is 5.91 Å². The van der Waals surface area contributed by atoms with Crippen molar-refractivity contribution in [3.05, 3.63) is 27.7 Å². The largest absolute Gasteiger partial charge is 0.325 e. The van der Waals surface area contributed by atoms with Crippen molar-refractivity contribution >= 4 is 39.1 Å². The van der Waals surface area contributed by atoms with E-state index in [1.54, 1.807) is 18.2 Å². The molecule has 0 fully saturated rings. The van der Waals surface area contributed by atoms with E-state index in [1.165, 1.54) is 0 Å². The molecule has 0 saturated carbocycles. The summed E-state index contributed by atoms with van der Waals surface area (Å²) in [6, 6.07) is 5.27. The first-order chi connectivity index (χ1) is 6.63. The number of amides is 1. The van der Waals surface area contributed by atoms with Crippen molar-refractivity contribution in [1.29, 1.82) is 0 Å². The van der Waals surface area contributed by atoms with E-state index in [-0.39, 0.29) is 5.91 Å². The van der Waals surface area contributed by atoms with E-state index >= 15 is 0 Å². The predicted octanol–water partition coefficient (Wildman–Crippen LogP) is 3.84. The van der Waals surface area contributed by atoms with E-state index in [2.05, 4.69) is 21.2 Å². The van der Waals surface area contributed by atoms with E-state index in [0.29, 0.717) is 11.4 Å². The standard InChI is InChI=1S/C10H11BrClNO/c1-2-3-10(14)13-9-5-4-7(12)6-8(9)11/h4-6H,2-3H2,1H3,(H,13,14). The second-order valence-corrected chi connectivity index (χ2v) is 4.21. The average molecular weight is 277 g/mol. The molecule has 0 aliphatic carbocycles. The Hall–Kier alpha value is -0.540. The van der Waals surface area contributed by atoms with Crippen molar-refractivity contribution < 1.29 is 4.79 Å². The summed E-state index contributed by atoms with van der Waals surface area (Å²) in [6.07, 6.45) is 1.38. The number of hydrogen-bond acceptors (Lipinski definition) is 1. The van der Waals surface area contributed by atoms with Crippen LogP contribution in [0.15, 0.2) is 22.7 Å². The number of carbonyl (C=O) groups excluding carboxylic acids is 1. The van der Waals surface area contributed by atoms with Crippen LogP contribution in [0.3, 0.4) is 0 Å². The summed E-state index contributed by atoms with van der Waals surface area (Å²) >= 11 is 9.10. The predicted molar refractivity (Wildman–Crippen MR) is 62.7 cm³/mol. The molecule has 0 aromatic heterocycles. The molecule has 0 saturated heterocycles. The second kappa shape index (κ2) is 5.37. The molecule has 0 aliphatic heterocycles. The van der Waals surface area contributed by atoms with Gasteiger partial charge in [0.25, 0.3) is 0 Å². The molecule has 1 amide bonds. The average Bonchev–Trinajstić information content (AvgIpc) is 2.10. The highest BCUT2D eigenvalue weighted by Crippen LogP contribution is 2.25. The summed E-state index contributed by atoms with van der Waals surface area (Å²) in [6.45, 7) is 1.97. The molecule has 14 heavy (non-hydrogen) atoms. The van der Waals surface area contributed by atoms with E-state index in [4.69, 9.17) is 11.6 Å². The summed E-state index contributed by atoms with van der Waals surface area (Å²) in [5, 5.41) is 3.44. The minimum atomic E-state index is 0.0236. The quantitative estimate of drug-likeness (QED) is 0.893. The highest BCUT2D eigenvalue weighted by Gasteiger charge is 2.04. The van der Waals surface area contributed by atoms with Crippen LogP contribution >= 0.6 is 27.5 Å². The molecule has 1 rings (SSSR count). The van der Waals surface area contributed by atoms with Crippen LogP contribution in [0.4, 0.5) is 5.69 Å². The highest BCUT2D eigenvalue weighted by atomic mass is 79.9. The SMILES string of the molecule is CCCC(=O)Nc1ccc(Cl)cc1Br. The van der Waals surface area contributed by atoms with E-state index in [9.17, 15) is 4.79 Å². The van der Waals surface area contributed by atoms with Crippen molar-refractivity contribution in [2.45, 2.75) is 19.8 Å². The van der Waals surface area contributed by atoms with Gasteiger partial charge in [-0.15, -0.1) is 0 Å². The lowest BCUT2D eigenvalue weighted by atomic mass is 10.3. The first-order valence-corrected chi connectivity index (χ1v) is 5.55. The third-order valence-corrected chi connectivity index (χ3v) is 2.57. The molecule has 0 radical (unpaired) electrons. The van der Waals surface area contributed by atoms with Gasteiger partial charge in [0.15, 0.2) is 0 Å². The number of anilines is 1. The monoisotopic (exact) mass is 275 g/mol. The van der Waals surface area contributed by atoms with Crippen LogP contribution in [0.2, 0.25) is 5.02 Å². The van der Waals surface area contributed by atoms with Gasteiger partial charge in [-0.3, -0.25) is 4.79 Å². The van der Waals surface area contributed by atoms with Crippen molar-refractivity contribution in [3.63, 3.8) is 0 Å². The summed E-state index contributed by atoms with van der Waals surface area (Å²) in [7, 11) is 0.